The van der Waals surface area contributed by atoms with E-state index in [0.29, 0.717) is 0 Å². The highest BCUT2D eigenvalue weighted by Gasteiger charge is 2.34. The number of nitrogens with zero attached hydrogens (tertiary/aromatic N) is 3. The number of para-hydroxylation sites is 2. The largest absolute Gasteiger partial charge is 0.408 e. The van der Waals surface area contributed by atoms with Crippen LogP contribution in [0.5, 0.6) is 0 Å². The fraction of sp³-hybridized carbons (Fsp3) is 0.400. The molecule has 39 heavy (non-hydrogen) atoms. The molecule has 0 aromatic heterocycles. The second-order valence-corrected chi connectivity index (χ2v) is 13.0. The average Bonchev–Trinajstić information content (AvgIpc) is 2.88. The van der Waals surface area contributed by atoms with E-state index in [1.165, 1.54) is 24.3 Å². The Balaban J connectivity index is 2.22. The first kappa shape index (κ1) is 32.4. The van der Waals surface area contributed by atoms with E-state index in [-0.39, 0.29) is 26.3 Å². The average molecular weight is 610 g/mol. The van der Waals surface area contributed by atoms with Crippen LogP contribution in [0.3, 0.4) is 0 Å². The van der Waals surface area contributed by atoms with E-state index in [1.807, 2.05) is 0 Å². The van der Waals surface area contributed by atoms with Gasteiger partial charge in [0.2, 0.25) is 20.0 Å². The third-order valence-corrected chi connectivity index (χ3v) is 10.2. The summed E-state index contributed by atoms with van der Waals surface area (Å²) < 4.78 is 80.3. The van der Waals surface area contributed by atoms with Gasteiger partial charge in [-0.2, -0.15) is 0 Å². The highest BCUT2D eigenvalue weighted by Crippen LogP contribution is 2.51. The maximum atomic E-state index is 13.4. The van der Waals surface area contributed by atoms with Crippen LogP contribution in [0.15, 0.2) is 58.3 Å². The molecule has 0 atom stereocenters. The summed E-state index contributed by atoms with van der Waals surface area (Å²) in [6.45, 7) is 1.52. The fourth-order valence-electron chi connectivity index (χ4n) is 3.33. The lowest BCUT2D eigenvalue weighted by molar-refractivity contribution is -0.388. The SMILES string of the molecule is CCOP(=O)(OCC)N(CCNS(=O)(=O)c1ccccc1[N+](=O)[O-])CCNS(=O)(=O)c1ccccc1[N+](=O)[O-]. The van der Waals surface area contributed by atoms with Crippen LogP contribution in [0, 0.1) is 20.2 Å². The number of nitro benzene ring substituents is 2. The van der Waals surface area contributed by atoms with Gasteiger partial charge in [0.05, 0.1) is 23.1 Å². The maximum absolute atomic E-state index is 13.4. The number of nitro groups is 2. The van der Waals surface area contributed by atoms with Crippen LogP contribution < -0.4 is 9.44 Å². The molecule has 216 valence electrons. The van der Waals surface area contributed by atoms with E-state index in [1.54, 1.807) is 13.8 Å². The molecule has 0 radical (unpaired) electrons. The number of rotatable bonds is 17. The second kappa shape index (κ2) is 14.0. The van der Waals surface area contributed by atoms with Gasteiger partial charge in [-0.05, 0) is 26.0 Å². The summed E-state index contributed by atoms with van der Waals surface area (Å²) >= 11 is 0. The molecular weight excluding hydrogens is 581 g/mol. The molecule has 0 heterocycles. The minimum atomic E-state index is -4.36. The van der Waals surface area contributed by atoms with Crippen LogP contribution in [0.2, 0.25) is 0 Å². The lowest BCUT2D eigenvalue weighted by atomic mass is 10.3. The topological polar surface area (TPSA) is 217 Å². The van der Waals surface area contributed by atoms with Gasteiger partial charge in [0.15, 0.2) is 9.79 Å². The van der Waals surface area contributed by atoms with E-state index in [0.717, 1.165) is 28.9 Å². The number of sulfonamides is 2. The van der Waals surface area contributed by atoms with Crippen LogP contribution in [0.1, 0.15) is 13.8 Å². The van der Waals surface area contributed by atoms with Gasteiger partial charge in [-0.15, -0.1) is 0 Å². The van der Waals surface area contributed by atoms with Crippen LogP contribution in [0.4, 0.5) is 11.4 Å². The molecule has 0 aliphatic rings. The number of hydrogen-bond acceptors (Lipinski definition) is 11. The van der Waals surface area contributed by atoms with Crippen LogP contribution in [-0.2, 0) is 33.7 Å². The van der Waals surface area contributed by atoms with Crippen molar-refractivity contribution in [2.75, 3.05) is 39.4 Å². The zero-order valence-corrected chi connectivity index (χ0v) is 23.5. The lowest BCUT2D eigenvalue weighted by Gasteiger charge is -2.29. The molecule has 0 saturated heterocycles. The van der Waals surface area contributed by atoms with Crippen molar-refractivity contribution in [3.8, 4) is 0 Å². The minimum absolute atomic E-state index is 0.0579. The Morgan fingerprint density at radius 3 is 1.46 bits per heavy atom. The van der Waals surface area contributed by atoms with Crippen molar-refractivity contribution in [2.45, 2.75) is 23.6 Å². The lowest BCUT2D eigenvalue weighted by Crippen LogP contribution is -2.39. The van der Waals surface area contributed by atoms with E-state index in [2.05, 4.69) is 9.44 Å². The molecule has 0 aliphatic heterocycles. The number of benzene rings is 2. The molecular formula is C20H28N5O11PS2. The Bertz CT molecular complexity index is 1330. The Morgan fingerprint density at radius 2 is 1.13 bits per heavy atom. The molecule has 0 spiro atoms. The predicted octanol–water partition coefficient (Wildman–Crippen LogP) is 2.24. The van der Waals surface area contributed by atoms with E-state index in [9.17, 15) is 41.6 Å². The highest BCUT2D eigenvalue weighted by molar-refractivity contribution is 7.90. The van der Waals surface area contributed by atoms with E-state index >= 15 is 0 Å². The summed E-state index contributed by atoms with van der Waals surface area (Å²) in [6, 6.07) is 9.42. The molecule has 0 amide bonds. The number of hydrogen-bond donors (Lipinski definition) is 2. The normalized spacial score (nSPS) is 12.5. The van der Waals surface area contributed by atoms with Gasteiger partial charge >= 0.3 is 7.75 Å². The van der Waals surface area contributed by atoms with Crippen LogP contribution in [-0.4, -0.2) is 70.7 Å². The summed E-state index contributed by atoms with van der Waals surface area (Å²) in [6.07, 6.45) is 0. The Labute approximate surface area is 225 Å². The van der Waals surface area contributed by atoms with Gasteiger partial charge in [0.1, 0.15) is 0 Å². The van der Waals surface area contributed by atoms with E-state index in [4.69, 9.17) is 9.05 Å². The Morgan fingerprint density at radius 1 is 0.769 bits per heavy atom. The molecule has 2 N–H and O–H groups in total. The highest BCUT2D eigenvalue weighted by atomic mass is 32.2. The summed E-state index contributed by atoms with van der Waals surface area (Å²) in [5.74, 6) is 0. The molecule has 16 nitrogen and oxygen atoms in total. The molecule has 0 saturated carbocycles. The molecule has 2 rings (SSSR count). The van der Waals surface area contributed by atoms with E-state index < -0.39 is 71.9 Å². The second-order valence-electron chi connectivity index (χ2n) is 7.50. The monoisotopic (exact) mass is 609 g/mol. The molecule has 2 aromatic carbocycles. The van der Waals surface area contributed by atoms with Crippen molar-refractivity contribution in [3.63, 3.8) is 0 Å². The quantitative estimate of drug-likeness (QED) is 0.150. The summed E-state index contributed by atoms with van der Waals surface area (Å²) in [4.78, 5) is 19.6. The van der Waals surface area contributed by atoms with Gasteiger partial charge < -0.3 is 0 Å². The maximum Gasteiger partial charge on any atom is 0.408 e. The standard InChI is InChI=1S/C20H28N5O11PS2/c1-3-35-37(30,36-4-2)23(15-13-21-38(31,32)19-11-7-5-9-17(19)24(26)27)16-14-22-39(33,34)20-12-8-6-10-18(20)25(28)29/h5-12,21-22H,3-4,13-16H2,1-2H3. The first-order chi connectivity index (χ1) is 18.3. The minimum Gasteiger partial charge on any atom is -0.297 e. The molecule has 2 aromatic rings. The third-order valence-electron chi connectivity index (χ3n) is 4.96. The molecule has 0 fully saturated rings. The molecule has 0 bridgehead atoms. The van der Waals surface area contributed by atoms with Crippen molar-refractivity contribution in [1.29, 1.82) is 0 Å². The predicted molar refractivity (Wildman–Crippen MR) is 139 cm³/mol. The zero-order chi connectivity index (χ0) is 29.3. The molecule has 0 aliphatic carbocycles. The van der Waals surface area contributed by atoms with Crippen molar-refractivity contribution in [2.24, 2.45) is 0 Å². The Kier molecular flexibility index (Phi) is 11.6. The van der Waals surface area contributed by atoms with Gasteiger partial charge in [0, 0.05) is 38.3 Å². The summed E-state index contributed by atoms with van der Waals surface area (Å²) in [5.41, 5.74) is -1.28. The van der Waals surface area contributed by atoms with Crippen molar-refractivity contribution in [3.05, 3.63) is 68.8 Å². The Hall–Kier alpha value is -2.83. The molecule has 0 unspecified atom stereocenters. The van der Waals surface area contributed by atoms with Gasteiger partial charge in [-0.25, -0.2) is 35.5 Å². The first-order valence-electron chi connectivity index (χ1n) is 11.4. The third kappa shape index (κ3) is 8.58. The van der Waals surface area contributed by atoms with Crippen molar-refractivity contribution < 1.29 is 40.3 Å². The van der Waals surface area contributed by atoms with Crippen molar-refractivity contribution in [1.82, 2.24) is 14.1 Å². The number of nitrogens with one attached hydrogen (secondary N) is 2. The summed E-state index contributed by atoms with van der Waals surface area (Å²) in [5, 5.41) is 22.5. The fourth-order valence-corrected chi connectivity index (χ4v) is 7.45. The van der Waals surface area contributed by atoms with Crippen molar-refractivity contribution >= 4 is 39.2 Å². The van der Waals surface area contributed by atoms with Gasteiger partial charge in [0.25, 0.3) is 11.4 Å². The zero-order valence-electron chi connectivity index (χ0n) is 21.0. The first-order valence-corrected chi connectivity index (χ1v) is 15.9. The van der Waals surface area contributed by atoms with Crippen LogP contribution >= 0.6 is 7.75 Å². The van der Waals surface area contributed by atoms with Gasteiger partial charge in [-0.3, -0.25) is 29.3 Å². The van der Waals surface area contributed by atoms with Crippen LogP contribution in [0.25, 0.3) is 0 Å². The summed E-state index contributed by atoms with van der Waals surface area (Å²) in [7, 11) is -12.8. The molecule has 19 heteroatoms. The van der Waals surface area contributed by atoms with Gasteiger partial charge in [-0.1, -0.05) is 24.3 Å². The smallest absolute Gasteiger partial charge is 0.297 e.